The molecule has 0 fully saturated rings. The summed E-state index contributed by atoms with van der Waals surface area (Å²) >= 11 is 0. The minimum absolute atomic E-state index is 0.199. The fraction of sp³-hybridized carbons (Fsp3) is 0.909. The summed E-state index contributed by atoms with van der Waals surface area (Å²) in [6, 6.07) is 0. The summed E-state index contributed by atoms with van der Waals surface area (Å²) in [5.41, 5.74) is 0. The second kappa shape index (κ2) is 7.65. The van der Waals surface area contributed by atoms with E-state index in [9.17, 15) is 4.79 Å². The summed E-state index contributed by atoms with van der Waals surface area (Å²) in [4.78, 5) is 12.9. The van der Waals surface area contributed by atoms with Crippen molar-refractivity contribution in [2.45, 2.75) is 40.0 Å². The first-order valence-corrected chi connectivity index (χ1v) is 5.45. The first-order valence-electron chi connectivity index (χ1n) is 5.45. The van der Waals surface area contributed by atoms with Gasteiger partial charge >= 0.3 is 6.09 Å². The maximum absolute atomic E-state index is 11.3. The van der Waals surface area contributed by atoms with Gasteiger partial charge in [0, 0.05) is 13.6 Å². The van der Waals surface area contributed by atoms with Crippen LogP contribution in [0, 0.1) is 5.92 Å². The molecule has 0 aliphatic rings. The maximum Gasteiger partial charge on any atom is 0.409 e. The number of ether oxygens (including phenoxy) is 1. The van der Waals surface area contributed by atoms with Crippen molar-refractivity contribution in [3.05, 3.63) is 0 Å². The lowest BCUT2D eigenvalue weighted by Gasteiger charge is -2.15. The molecule has 14 heavy (non-hydrogen) atoms. The van der Waals surface area contributed by atoms with Crippen LogP contribution in [0.15, 0.2) is 0 Å². The quantitative estimate of drug-likeness (QED) is 0.618. The molecule has 0 aliphatic heterocycles. The van der Waals surface area contributed by atoms with E-state index in [0.717, 1.165) is 25.8 Å². The van der Waals surface area contributed by atoms with Crippen LogP contribution in [0.4, 0.5) is 4.79 Å². The van der Waals surface area contributed by atoms with Crippen LogP contribution in [-0.2, 0) is 4.74 Å². The van der Waals surface area contributed by atoms with Gasteiger partial charge < -0.3 is 9.64 Å². The Hall–Kier alpha value is -0.730. The molecule has 0 saturated carbocycles. The number of rotatable bonds is 6. The van der Waals surface area contributed by atoms with Crippen molar-refractivity contribution in [2.24, 2.45) is 5.92 Å². The molecule has 0 aliphatic carbocycles. The van der Waals surface area contributed by atoms with E-state index in [-0.39, 0.29) is 6.09 Å². The van der Waals surface area contributed by atoms with Gasteiger partial charge in [0.15, 0.2) is 0 Å². The fourth-order valence-electron chi connectivity index (χ4n) is 1.19. The third-order valence-electron chi connectivity index (χ3n) is 2.02. The van der Waals surface area contributed by atoms with Gasteiger partial charge in [-0.1, -0.05) is 20.8 Å². The standard InChI is InChI=1S/C11H23NO2/c1-5-8-12(4)11(13)14-9-6-7-10(2)3/h10H,5-9H2,1-4H3. The van der Waals surface area contributed by atoms with E-state index in [1.54, 1.807) is 11.9 Å². The molecule has 3 nitrogen and oxygen atoms in total. The molecular weight excluding hydrogens is 178 g/mol. The lowest BCUT2D eigenvalue weighted by atomic mass is 10.1. The number of hydrogen-bond acceptors (Lipinski definition) is 2. The van der Waals surface area contributed by atoms with Gasteiger partial charge in [-0.25, -0.2) is 4.79 Å². The zero-order valence-corrected chi connectivity index (χ0v) is 9.88. The Morgan fingerprint density at radius 1 is 1.43 bits per heavy atom. The molecule has 0 aromatic heterocycles. The van der Waals surface area contributed by atoms with Gasteiger partial charge in [0.25, 0.3) is 0 Å². The van der Waals surface area contributed by atoms with Crippen LogP contribution in [0.3, 0.4) is 0 Å². The Kier molecular flexibility index (Phi) is 7.25. The Balaban J connectivity index is 3.44. The van der Waals surface area contributed by atoms with Gasteiger partial charge in [-0.15, -0.1) is 0 Å². The lowest BCUT2D eigenvalue weighted by molar-refractivity contribution is 0.108. The fourth-order valence-corrected chi connectivity index (χ4v) is 1.19. The summed E-state index contributed by atoms with van der Waals surface area (Å²) in [6.45, 7) is 7.70. The predicted octanol–water partition coefficient (Wildman–Crippen LogP) is 2.90. The van der Waals surface area contributed by atoms with Gasteiger partial charge in [0.05, 0.1) is 6.61 Å². The van der Waals surface area contributed by atoms with Crippen LogP contribution in [0.1, 0.15) is 40.0 Å². The average molecular weight is 201 g/mol. The number of carbonyl (C=O) groups excluding carboxylic acids is 1. The van der Waals surface area contributed by atoms with Gasteiger partial charge in [-0.3, -0.25) is 0 Å². The van der Waals surface area contributed by atoms with Crippen LogP contribution >= 0.6 is 0 Å². The molecular formula is C11H23NO2. The third kappa shape index (κ3) is 6.75. The van der Waals surface area contributed by atoms with Crippen LogP contribution < -0.4 is 0 Å². The molecule has 0 aromatic rings. The Bertz CT molecular complexity index is 157. The smallest absolute Gasteiger partial charge is 0.409 e. The molecule has 0 radical (unpaired) electrons. The lowest BCUT2D eigenvalue weighted by Crippen LogP contribution is -2.28. The minimum atomic E-state index is -0.199. The predicted molar refractivity (Wildman–Crippen MR) is 58.3 cm³/mol. The summed E-state index contributed by atoms with van der Waals surface area (Å²) < 4.78 is 5.09. The van der Waals surface area contributed by atoms with Gasteiger partial charge in [-0.05, 0) is 25.2 Å². The Labute approximate surface area is 87.4 Å². The zero-order chi connectivity index (χ0) is 11.0. The normalized spacial score (nSPS) is 10.4. The molecule has 0 aromatic carbocycles. The van der Waals surface area contributed by atoms with Crippen molar-refractivity contribution < 1.29 is 9.53 Å². The minimum Gasteiger partial charge on any atom is -0.449 e. The summed E-state index contributed by atoms with van der Waals surface area (Å²) in [7, 11) is 1.77. The van der Waals surface area contributed by atoms with Crippen molar-refractivity contribution in [3.63, 3.8) is 0 Å². The largest absolute Gasteiger partial charge is 0.449 e. The van der Waals surface area contributed by atoms with E-state index in [2.05, 4.69) is 13.8 Å². The first-order chi connectivity index (χ1) is 6.57. The SMILES string of the molecule is CCCN(C)C(=O)OCCCC(C)C. The van der Waals surface area contributed by atoms with Gasteiger partial charge in [0.1, 0.15) is 0 Å². The second-order valence-electron chi connectivity index (χ2n) is 4.07. The van der Waals surface area contributed by atoms with Crippen molar-refractivity contribution in [1.29, 1.82) is 0 Å². The van der Waals surface area contributed by atoms with Crippen LogP contribution in [0.25, 0.3) is 0 Å². The topological polar surface area (TPSA) is 29.5 Å². The number of nitrogens with zero attached hydrogens (tertiary/aromatic N) is 1. The molecule has 1 amide bonds. The average Bonchev–Trinajstić information content (AvgIpc) is 2.12. The van der Waals surface area contributed by atoms with Gasteiger partial charge in [0.2, 0.25) is 0 Å². The number of carbonyl (C=O) groups is 1. The summed E-state index contributed by atoms with van der Waals surface area (Å²) in [6.07, 6.45) is 2.85. The molecule has 0 bridgehead atoms. The van der Waals surface area contributed by atoms with E-state index >= 15 is 0 Å². The van der Waals surface area contributed by atoms with E-state index < -0.39 is 0 Å². The zero-order valence-electron chi connectivity index (χ0n) is 9.88. The molecule has 0 rings (SSSR count). The molecule has 3 heteroatoms. The van der Waals surface area contributed by atoms with E-state index in [0.29, 0.717) is 12.5 Å². The van der Waals surface area contributed by atoms with Crippen molar-refractivity contribution in [1.82, 2.24) is 4.90 Å². The molecule has 0 saturated heterocycles. The highest BCUT2D eigenvalue weighted by molar-refractivity contribution is 5.67. The maximum atomic E-state index is 11.3. The second-order valence-corrected chi connectivity index (χ2v) is 4.07. The third-order valence-corrected chi connectivity index (χ3v) is 2.02. The molecule has 0 N–H and O–H groups in total. The monoisotopic (exact) mass is 201 g/mol. The summed E-state index contributed by atoms with van der Waals surface area (Å²) in [5.74, 6) is 0.682. The van der Waals surface area contributed by atoms with Crippen molar-refractivity contribution in [2.75, 3.05) is 20.2 Å². The summed E-state index contributed by atoms with van der Waals surface area (Å²) in [5, 5.41) is 0. The highest BCUT2D eigenvalue weighted by Crippen LogP contribution is 2.03. The highest BCUT2D eigenvalue weighted by Gasteiger charge is 2.07. The highest BCUT2D eigenvalue weighted by atomic mass is 16.6. The molecule has 0 spiro atoms. The molecule has 0 heterocycles. The Morgan fingerprint density at radius 3 is 2.57 bits per heavy atom. The first kappa shape index (κ1) is 13.3. The van der Waals surface area contributed by atoms with Crippen LogP contribution in [0.5, 0.6) is 0 Å². The van der Waals surface area contributed by atoms with E-state index in [1.165, 1.54) is 0 Å². The van der Waals surface area contributed by atoms with Crippen molar-refractivity contribution >= 4 is 6.09 Å². The molecule has 0 unspecified atom stereocenters. The van der Waals surface area contributed by atoms with Gasteiger partial charge in [-0.2, -0.15) is 0 Å². The van der Waals surface area contributed by atoms with Crippen LogP contribution in [0.2, 0.25) is 0 Å². The van der Waals surface area contributed by atoms with E-state index in [1.807, 2.05) is 6.92 Å². The van der Waals surface area contributed by atoms with Crippen molar-refractivity contribution in [3.8, 4) is 0 Å². The number of amides is 1. The Morgan fingerprint density at radius 2 is 2.07 bits per heavy atom. The van der Waals surface area contributed by atoms with Crippen LogP contribution in [-0.4, -0.2) is 31.2 Å². The number of hydrogen-bond donors (Lipinski definition) is 0. The molecule has 84 valence electrons. The van der Waals surface area contributed by atoms with E-state index in [4.69, 9.17) is 4.74 Å². The molecule has 0 atom stereocenters.